The molecule has 14 heavy (non-hydrogen) atoms. The summed E-state index contributed by atoms with van der Waals surface area (Å²) in [4.78, 5) is 13.9. The summed E-state index contributed by atoms with van der Waals surface area (Å²) in [7, 11) is 0. The molecule has 0 aromatic carbocycles. The zero-order valence-corrected chi connectivity index (χ0v) is 8.70. The first kappa shape index (κ1) is 8.72. The molecule has 0 bridgehead atoms. The van der Waals surface area contributed by atoms with Crippen LogP contribution >= 0.6 is 0 Å². The smallest absolute Gasteiger partial charge is 0.238 e. The van der Waals surface area contributed by atoms with Crippen LogP contribution in [0.2, 0.25) is 0 Å². The Morgan fingerprint density at radius 3 is 2.21 bits per heavy atom. The van der Waals surface area contributed by atoms with E-state index in [2.05, 4.69) is 17.1 Å². The van der Waals surface area contributed by atoms with Gasteiger partial charge in [0.05, 0.1) is 12.7 Å². The zero-order chi connectivity index (χ0) is 9.71. The van der Waals surface area contributed by atoms with Crippen molar-refractivity contribution in [2.24, 2.45) is 11.8 Å². The minimum Gasteiger partial charge on any atom is -0.323 e. The van der Waals surface area contributed by atoms with Crippen molar-refractivity contribution in [2.45, 2.75) is 44.8 Å². The maximum Gasteiger partial charge on any atom is 0.238 e. The Labute approximate surface area is 84.8 Å². The largest absolute Gasteiger partial charge is 0.323 e. The fraction of sp³-hybridized carbons (Fsp3) is 0.909. The molecule has 0 aromatic heterocycles. The van der Waals surface area contributed by atoms with Crippen molar-refractivity contribution in [3.63, 3.8) is 0 Å². The van der Waals surface area contributed by atoms with Crippen LogP contribution in [0.15, 0.2) is 0 Å². The van der Waals surface area contributed by atoms with E-state index in [0.717, 1.165) is 11.8 Å². The maximum absolute atomic E-state index is 11.8. The molecule has 2 aliphatic carbocycles. The van der Waals surface area contributed by atoms with Crippen LogP contribution in [-0.2, 0) is 4.79 Å². The highest BCUT2D eigenvalue weighted by molar-refractivity contribution is 5.81. The summed E-state index contributed by atoms with van der Waals surface area (Å²) in [5.41, 5.74) is 0. The fourth-order valence-corrected chi connectivity index (χ4v) is 2.78. The SMILES string of the molecule is CC1NCC(=O)N1C(C1CC1)C1CC1. The Bertz CT molecular complexity index is 246. The highest BCUT2D eigenvalue weighted by Crippen LogP contribution is 2.47. The third kappa shape index (κ3) is 1.34. The highest BCUT2D eigenvalue weighted by Gasteiger charge is 2.48. The molecule has 1 amide bonds. The molecule has 1 unspecified atom stereocenters. The van der Waals surface area contributed by atoms with Gasteiger partial charge in [-0.3, -0.25) is 10.1 Å². The van der Waals surface area contributed by atoms with Crippen LogP contribution in [0.5, 0.6) is 0 Å². The molecule has 0 spiro atoms. The van der Waals surface area contributed by atoms with Crippen molar-refractivity contribution in [2.75, 3.05) is 6.54 Å². The van der Waals surface area contributed by atoms with Crippen LogP contribution in [0.4, 0.5) is 0 Å². The third-order valence-corrected chi connectivity index (χ3v) is 3.79. The number of hydrogen-bond donors (Lipinski definition) is 1. The van der Waals surface area contributed by atoms with Crippen LogP contribution < -0.4 is 5.32 Å². The molecule has 78 valence electrons. The molecular formula is C11H18N2O. The van der Waals surface area contributed by atoms with Gasteiger partial charge in [0.15, 0.2) is 0 Å². The van der Waals surface area contributed by atoms with Gasteiger partial charge in [-0.25, -0.2) is 0 Å². The Morgan fingerprint density at radius 1 is 1.29 bits per heavy atom. The second-order valence-corrected chi connectivity index (χ2v) is 5.02. The van der Waals surface area contributed by atoms with Crippen molar-refractivity contribution in [1.82, 2.24) is 10.2 Å². The van der Waals surface area contributed by atoms with E-state index in [4.69, 9.17) is 0 Å². The summed E-state index contributed by atoms with van der Waals surface area (Å²) < 4.78 is 0. The van der Waals surface area contributed by atoms with E-state index in [1.54, 1.807) is 0 Å². The summed E-state index contributed by atoms with van der Waals surface area (Å²) in [5.74, 6) is 1.98. The Hall–Kier alpha value is -0.570. The van der Waals surface area contributed by atoms with E-state index in [-0.39, 0.29) is 6.17 Å². The van der Waals surface area contributed by atoms with Gasteiger partial charge in [-0.2, -0.15) is 0 Å². The number of amides is 1. The molecule has 3 fully saturated rings. The number of rotatable bonds is 3. The van der Waals surface area contributed by atoms with Gasteiger partial charge in [-0.05, 0) is 44.4 Å². The lowest BCUT2D eigenvalue weighted by atomic mass is 10.1. The predicted molar refractivity (Wildman–Crippen MR) is 53.5 cm³/mol. The van der Waals surface area contributed by atoms with Crippen molar-refractivity contribution < 1.29 is 4.79 Å². The molecule has 3 aliphatic rings. The summed E-state index contributed by atoms with van der Waals surface area (Å²) >= 11 is 0. The number of nitrogens with zero attached hydrogens (tertiary/aromatic N) is 1. The van der Waals surface area contributed by atoms with E-state index in [1.165, 1.54) is 25.7 Å². The lowest BCUT2D eigenvalue weighted by Crippen LogP contribution is -2.45. The third-order valence-electron chi connectivity index (χ3n) is 3.79. The van der Waals surface area contributed by atoms with E-state index in [9.17, 15) is 4.79 Å². The van der Waals surface area contributed by atoms with Crippen LogP contribution in [0.1, 0.15) is 32.6 Å². The number of hydrogen-bond acceptors (Lipinski definition) is 2. The van der Waals surface area contributed by atoms with Gasteiger partial charge in [0.2, 0.25) is 5.91 Å². The number of carbonyl (C=O) groups excluding carboxylic acids is 1. The quantitative estimate of drug-likeness (QED) is 0.725. The molecule has 0 radical (unpaired) electrons. The molecular weight excluding hydrogens is 176 g/mol. The Balaban J connectivity index is 1.79. The topological polar surface area (TPSA) is 32.3 Å². The second-order valence-electron chi connectivity index (χ2n) is 5.02. The van der Waals surface area contributed by atoms with Crippen LogP contribution in [0.25, 0.3) is 0 Å². The van der Waals surface area contributed by atoms with Gasteiger partial charge in [-0.1, -0.05) is 0 Å². The van der Waals surface area contributed by atoms with Gasteiger partial charge in [0, 0.05) is 6.04 Å². The number of carbonyl (C=O) groups is 1. The summed E-state index contributed by atoms with van der Waals surface area (Å²) in [6, 6.07) is 0.576. The molecule has 0 aromatic rings. The second kappa shape index (κ2) is 2.96. The first-order valence-corrected chi connectivity index (χ1v) is 5.82. The van der Waals surface area contributed by atoms with Crippen molar-refractivity contribution >= 4 is 5.91 Å². The molecule has 1 atom stereocenters. The first-order chi connectivity index (χ1) is 6.77. The van der Waals surface area contributed by atoms with Gasteiger partial charge in [0.25, 0.3) is 0 Å². The normalized spacial score (nSPS) is 33.1. The van der Waals surface area contributed by atoms with E-state index >= 15 is 0 Å². The predicted octanol–water partition coefficient (Wildman–Crippen LogP) is 0.953. The molecule has 1 saturated heterocycles. The lowest BCUT2D eigenvalue weighted by molar-refractivity contribution is -0.131. The van der Waals surface area contributed by atoms with Gasteiger partial charge < -0.3 is 4.90 Å². The monoisotopic (exact) mass is 194 g/mol. The van der Waals surface area contributed by atoms with E-state index in [0.29, 0.717) is 18.5 Å². The Kier molecular flexibility index (Phi) is 1.84. The van der Waals surface area contributed by atoms with E-state index < -0.39 is 0 Å². The molecule has 2 saturated carbocycles. The lowest BCUT2D eigenvalue weighted by Gasteiger charge is -2.31. The van der Waals surface area contributed by atoms with E-state index in [1.807, 2.05) is 0 Å². The average molecular weight is 194 g/mol. The van der Waals surface area contributed by atoms with Gasteiger partial charge in [0.1, 0.15) is 0 Å². The molecule has 3 heteroatoms. The minimum atomic E-state index is 0.272. The molecule has 3 nitrogen and oxygen atoms in total. The van der Waals surface area contributed by atoms with Crippen LogP contribution in [-0.4, -0.2) is 29.6 Å². The Morgan fingerprint density at radius 2 is 1.86 bits per heavy atom. The van der Waals surface area contributed by atoms with Crippen molar-refractivity contribution in [3.05, 3.63) is 0 Å². The van der Waals surface area contributed by atoms with Crippen molar-refractivity contribution in [1.29, 1.82) is 0 Å². The molecule has 1 heterocycles. The fourth-order valence-electron chi connectivity index (χ4n) is 2.78. The molecule has 1 N–H and O–H groups in total. The van der Waals surface area contributed by atoms with Crippen molar-refractivity contribution in [3.8, 4) is 0 Å². The highest BCUT2D eigenvalue weighted by atomic mass is 16.2. The number of nitrogens with one attached hydrogen (secondary N) is 1. The molecule has 3 rings (SSSR count). The van der Waals surface area contributed by atoms with Crippen LogP contribution in [0.3, 0.4) is 0 Å². The maximum atomic E-state index is 11.8. The minimum absolute atomic E-state index is 0.272. The summed E-state index contributed by atoms with van der Waals surface area (Å²) in [5, 5.41) is 3.24. The first-order valence-electron chi connectivity index (χ1n) is 5.82. The summed E-state index contributed by atoms with van der Waals surface area (Å²) in [6.07, 6.45) is 5.65. The summed E-state index contributed by atoms with van der Waals surface area (Å²) in [6.45, 7) is 2.67. The standard InChI is InChI=1S/C11H18N2O/c1-7-12-6-10(14)13(7)11(8-2-3-8)9-4-5-9/h7-9,11-12H,2-6H2,1H3. The average Bonchev–Trinajstić information content (AvgIpc) is 2.99. The van der Waals surface area contributed by atoms with Crippen LogP contribution in [0, 0.1) is 11.8 Å². The van der Waals surface area contributed by atoms with Gasteiger partial charge in [-0.15, -0.1) is 0 Å². The van der Waals surface area contributed by atoms with Gasteiger partial charge >= 0.3 is 0 Å². The zero-order valence-electron chi connectivity index (χ0n) is 8.70. The molecule has 1 aliphatic heterocycles.